The van der Waals surface area contributed by atoms with Crippen LogP contribution in [0.5, 0.6) is 0 Å². The summed E-state index contributed by atoms with van der Waals surface area (Å²) in [6.45, 7) is 6.72. The number of alkyl halides is 3. The fraction of sp³-hybridized carbons (Fsp3) is 0.538. The summed E-state index contributed by atoms with van der Waals surface area (Å²) in [6, 6.07) is 1.99. The van der Waals surface area contributed by atoms with Gasteiger partial charge in [0.2, 0.25) is 10.0 Å². The van der Waals surface area contributed by atoms with E-state index in [0.717, 1.165) is 6.07 Å². The Morgan fingerprint density at radius 2 is 1.52 bits per heavy atom. The van der Waals surface area contributed by atoms with Crippen LogP contribution >= 0.6 is 15.9 Å². The zero-order chi connectivity index (χ0) is 16.6. The fourth-order valence-electron chi connectivity index (χ4n) is 2.15. The number of hydrogen-bond donors (Lipinski definition) is 0. The molecule has 0 spiro atoms. The molecular formula is C13H17BrF3NO2S. The van der Waals surface area contributed by atoms with E-state index in [1.807, 2.05) is 0 Å². The van der Waals surface area contributed by atoms with Gasteiger partial charge in [0.1, 0.15) is 0 Å². The molecule has 0 radical (unpaired) electrons. The molecule has 1 aromatic rings. The number of hydrogen-bond acceptors (Lipinski definition) is 2. The van der Waals surface area contributed by atoms with E-state index in [4.69, 9.17) is 0 Å². The Morgan fingerprint density at radius 1 is 1.05 bits per heavy atom. The molecule has 120 valence electrons. The fourth-order valence-corrected chi connectivity index (χ4v) is 4.70. The summed E-state index contributed by atoms with van der Waals surface area (Å²) in [7, 11) is -4.00. The van der Waals surface area contributed by atoms with Crippen molar-refractivity contribution in [2.75, 3.05) is 0 Å². The average Bonchev–Trinajstić information content (AvgIpc) is 2.24. The molecule has 0 aliphatic heterocycles. The molecule has 0 saturated heterocycles. The van der Waals surface area contributed by atoms with Crippen molar-refractivity contribution in [3.8, 4) is 0 Å². The zero-order valence-electron chi connectivity index (χ0n) is 12.1. The van der Waals surface area contributed by atoms with Gasteiger partial charge < -0.3 is 0 Å². The van der Waals surface area contributed by atoms with Gasteiger partial charge in [-0.1, -0.05) is 15.9 Å². The van der Waals surface area contributed by atoms with Crippen molar-refractivity contribution in [2.45, 2.75) is 50.9 Å². The number of benzene rings is 1. The molecule has 0 N–H and O–H groups in total. The van der Waals surface area contributed by atoms with Crippen molar-refractivity contribution < 1.29 is 21.6 Å². The maximum Gasteiger partial charge on any atom is 0.416 e. The normalized spacial score (nSPS) is 13.5. The summed E-state index contributed by atoms with van der Waals surface area (Å²) < 4.78 is 64.9. The lowest BCUT2D eigenvalue weighted by atomic mass is 10.2. The molecule has 0 saturated carbocycles. The van der Waals surface area contributed by atoms with E-state index in [-0.39, 0.29) is 21.5 Å². The molecule has 3 nitrogen and oxygen atoms in total. The second kappa shape index (κ2) is 6.26. The number of rotatable bonds is 4. The standard InChI is InChI=1S/C13H17BrF3NO2S/c1-8(2)18(9(3)4)21(19,20)12-6-10(13(15,16)17)5-11(14)7-12/h5-9H,1-4H3. The smallest absolute Gasteiger partial charge is 0.207 e. The molecule has 0 fully saturated rings. The highest BCUT2D eigenvalue weighted by Gasteiger charge is 2.35. The minimum atomic E-state index is -4.60. The van der Waals surface area contributed by atoms with Crippen LogP contribution in [0.15, 0.2) is 27.6 Å². The molecule has 0 aliphatic carbocycles. The molecule has 8 heteroatoms. The van der Waals surface area contributed by atoms with E-state index in [2.05, 4.69) is 15.9 Å². The molecule has 0 heterocycles. The van der Waals surface area contributed by atoms with Crippen LogP contribution in [-0.2, 0) is 16.2 Å². The van der Waals surface area contributed by atoms with E-state index >= 15 is 0 Å². The van der Waals surface area contributed by atoms with Gasteiger partial charge in [0, 0.05) is 16.6 Å². The molecule has 0 amide bonds. The predicted octanol–water partition coefficient (Wildman–Crippen LogP) is 4.28. The summed E-state index contributed by atoms with van der Waals surface area (Å²) in [5, 5.41) is 0. The third-order valence-corrected chi connectivity index (χ3v) is 5.48. The molecule has 1 rings (SSSR count). The zero-order valence-corrected chi connectivity index (χ0v) is 14.5. The van der Waals surface area contributed by atoms with E-state index in [1.165, 1.54) is 10.4 Å². The first-order chi connectivity index (χ1) is 9.37. The summed E-state index contributed by atoms with van der Waals surface area (Å²) in [5.41, 5.74) is -0.997. The molecule has 0 unspecified atom stereocenters. The van der Waals surface area contributed by atoms with Crippen molar-refractivity contribution in [3.63, 3.8) is 0 Å². The largest absolute Gasteiger partial charge is 0.416 e. The van der Waals surface area contributed by atoms with Crippen LogP contribution in [0.4, 0.5) is 13.2 Å². The van der Waals surface area contributed by atoms with Gasteiger partial charge in [-0.05, 0) is 45.9 Å². The Balaban J connectivity index is 3.48. The van der Waals surface area contributed by atoms with Gasteiger partial charge in [-0.2, -0.15) is 17.5 Å². The lowest BCUT2D eigenvalue weighted by molar-refractivity contribution is -0.137. The quantitative estimate of drug-likeness (QED) is 0.773. The van der Waals surface area contributed by atoms with E-state index in [9.17, 15) is 21.6 Å². The summed E-state index contributed by atoms with van der Waals surface area (Å²) in [6.07, 6.45) is -4.60. The lowest BCUT2D eigenvalue weighted by Gasteiger charge is -2.29. The van der Waals surface area contributed by atoms with Crippen molar-refractivity contribution in [1.29, 1.82) is 0 Å². The summed E-state index contributed by atoms with van der Waals surface area (Å²) >= 11 is 2.94. The number of sulfonamides is 1. The van der Waals surface area contributed by atoms with Crippen LogP contribution in [0, 0.1) is 0 Å². The maximum atomic E-state index is 12.8. The Bertz CT molecular complexity index is 604. The van der Waals surface area contributed by atoms with Crippen molar-refractivity contribution in [1.82, 2.24) is 4.31 Å². The maximum absolute atomic E-state index is 12.8. The van der Waals surface area contributed by atoms with Crippen molar-refractivity contribution >= 4 is 26.0 Å². The minimum absolute atomic E-state index is 0.0726. The first kappa shape index (κ1) is 18.4. The van der Waals surface area contributed by atoms with Crippen LogP contribution < -0.4 is 0 Å². The van der Waals surface area contributed by atoms with Crippen LogP contribution in [0.1, 0.15) is 33.3 Å². The second-order valence-corrected chi connectivity index (χ2v) is 7.95. The Labute approximate surface area is 131 Å². The Morgan fingerprint density at radius 3 is 1.90 bits per heavy atom. The molecule has 0 atom stereocenters. The van der Waals surface area contributed by atoms with Gasteiger partial charge in [-0.25, -0.2) is 8.42 Å². The Kier molecular flexibility index (Phi) is 5.50. The second-order valence-electron chi connectivity index (χ2n) is 5.20. The van der Waals surface area contributed by atoms with Gasteiger partial charge in [0.15, 0.2) is 0 Å². The third-order valence-electron chi connectivity index (χ3n) is 2.79. The SMILES string of the molecule is CC(C)N(C(C)C)S(=O)(=O)c1cc(Br)cc(C(F)(F)F)c1. The van der Waals surface area contributed by atoms with Gasteiger partial charge in [0.05, 0.1) is 10.5 Å². The van der Waals surface area contributed by atoms with Gasteiger partial charge in [-0.3, -0.25) is 0 Å². The minimum Gasteiger partial charge on any atom is -0.207 e. The predicted molar refractivity (Wildman–Crippen MR) is 78.4 cm³/mol. The van der Waals surface area contributed by atoms with Crippen molar-refractivity contribution in [2.24, 2.45) is 0 Å². The highest BCUT2D eigenvalue weighted by molar-refractivity contribution is 9.10. The van der Waals surface area contributed by atoms with E-state index in [0.29, 0.717) is 6.07 Å². The van der Waals surface area contributed by atoms with Gasteiger partial charge in [0.25, 0.3) is 0 Å². The van der Waals surface area contributed by atoms with E-state index < -0.39 is 21.8 Å². The number of nitrogens with zero attached hydrogens (tertiary/aromatic N) is 1. The summed E-state index contributed by atoms with van der Waals surface area (Å²) in [4.78, 5) is -0.369. The molecule has 21 heavy (non-hydrogen) atoms. The van der Waals surface area contributed by atoms with E-state index in [1.54, 1.807) is 27.7 Å². The molecule has 0 aromatic heterocycles. The topological polar surface area (TPSA) is 37.4 Å². The third kappa shape index (κ3) is 4.20. The monoisotopic (exact) mass is 387 g/mol. The Hall–Kier alpha value is -0.600. The lowest BCUT2D eigenvalue weighted by Crippen LogP contribution is -2.42. The molecule has 0 bridgehead atoms. The first-order valence-corrected chi connectivity index (χ1v) is 8.52. The van der Waals surface area contributed by atoms with Gasteiger partial charge in [-0.15, -0.1) is 0 Å². The van der Waals surface area contributed by atoms with Crippen LogP contribution in [-0.4, -0.2) is 24.8 Å². The summed E-state index contributed by atoms with van der Waals surface area (Å²) in [5.74, 6) is 0. The average molecular weight is 388 g/mol. The van der Waals surface area contributed by atoms with Crippen molar-refractivity contribution in [3.05, 3.63) is 28.2 Å². The van der Waals surface area contributed by atoms with Gasteiger partial charge >= 0.3 is 6.18 Å². The van der Waals surface area contributed by atoms with Crippen LogP contribution in [0.3, 0.4) is 0 Å². The first-order valence-electron chi connectivity index (χ1n) is 6.28. The molecular weight excluding hydrogens is 371 g/mol. The molecule has 1 aromatic carbocycles. The molecule has 0 aliphatic rings. The van der Waals surface area contributed by atoms with Crippen LogP contribution in [0.25, 0.3) is 0 Å². The van der Waals surface area contributed by atoms with Crippen LogP contribution in [0.2, 0.25) is 0 Å². The highest BCUT2D eigenvalue weighted by atomic mass is 79.9. The highest BCUT2D eigenvalue weighted by Crippen LogP contribution is 2.34. The number of halogens is 4.